The van der Waals surface area contributed by atoms with Crippen LogP contribution >= 0.6 is 0 Å². The first-order valence-corrected chi connectivity index (χ1v) is 12.3. The molecule has 0 unspecified atom stereocenters. The minimum atomic E-state index is -0.428. The van der Waals surface area contributed by atoms with Crippen molar-refractivity contribution in [3.05, 3.63) is 24.3 Å². The van der Waals surface area contributed by atoms with Crippen molar-refractivity contribution < 1.29 is 38.0 Å². The number of hydrogen-bond donors (Lipinski definition) is 0. The third-order valence-electron chi connectivity index (χ3n) is 6.66. The van der Waals surface area contributed by atoms with Crippen molar-refractivity contribution in [3.8, 4) is 0 Å². The molecule has 8 nitrogen and oxygen atoms in total. The van der Waals surface area contributed by atoms with Crippen LogP contribution in [0.2, 0.25) is 0 Å². The molecule has 0 aromatic rings. The van der Waals surface area contributed by atoms with Gasteiger partial charge in [0.15, 0.2) is 0 Å². The minimum absolute atomic E-state index is 0.180. The smallest absolute Gasteiger partial charge is 0.335 e. The molecule has 0 bridgehead atoms. The van der Waals surface area contributed by atoms with Gasteiger partial charge in [-0.1, -0.05) is 13.2 Å². The number of esters is 2. The summed E-state index contributed by atoms with van der Waals surface area (Å²) >= 11 is 0. The summed E-state index contributed by atoms with van der Waals surface area (Å²) in [5, 5.41) is 0. The van der Waals surface area contributed by atoms with Crippen LogP contribution < -0.4 is 0 Å². The highest BCUT2D eigenvalue weighted by atomic mass is 16.6. The van der Waals surface area contributed by atoms with Gasteiger partial charge in [0.1, 0.15) is 13.2 Å². The Morgan fingerprint density at radius 3 is 1.29 bits per heavy atom. The second kappa shape index (κ2) is 16.0. The first-order valence-electron chi connectivity index (χ1n) is 12.3. The molecular formula is C26H42O8. The summed E-state index contributed by atoms with van der Waals surface area (Å²) in [5.74, 6) is 0.651. The van der Waals surface area contributed by atoms with Gasteiger partial charge in [0.05, 0.1) is 49.8 Å². The predicted octanol–water partition coefficient (Wildman–Crippen LogP) is 3.63. The van der Waals surface area contributed by atoms with Crippen LogP contribution in [0.1, 0.15) is 51.4 Å². The Hall–Kier alpha value is -1.74. The molecule has 2 aliphatic rings. The molecule has 2 saturated carbocycles. The molecule has 2 aliphatic carbocycles. The highest BCUT2D eigenvalue weighted by Gasteiger charge is 2.31. The Balaban J connectivity index is 1.51. The monoisotopic (exact) mass is 482 g/mol. The molecule has 0 saturated heterocycles. The fraction of sp³-hybridized carbons (Fsp3) is 0.769. The Kier molecular flexibility index (Phi) is 13.4. The lowest BCUT2D eigenvalue weighted by atomic mass is 9.72. The van der Waals surface area contributed by atoms with Crippen molar-refractivity contribution in [2.24, 2.45) is 11.8 Å². The lowest BCUT2D eigenvalue weighted by Gasteiger charge is -2.37. The molecule has 0 amide bonds. The molecule has 0 aromatic heterocycles. The van der Waals surface area contributed by atoms with E-state index in [9.17, 15) is 9.59 Å². The summed E-state index contributed by atoms with van der Waals surface area (Å²) in [6.07, 6.45) is 9.49. The maximum atomic E-state index is 11.7. The summed E-state index contributed by atoms with van der Waals surface area (Å²) in [5.41, 5.74) is 0.631. The number of methoxy groups -OCH3 is 2. The largest absolute Gasteiger partial charge is 0.460 e. The second-order valence-electron chi connectivity index (χ2n) is 9.16. The van der Waals surface area contributed by atoms with E-state index in [-0.39, 0.29) is 38.6 Å². The van der Waals surface area contributed by atoms with Crippen LogP contribution in [-0.2, 0) is 38.0 Å². The molecule has 0 atom stereocenters. The van der Waals surface area contributed by atoms with Gasteiger partial charge in [0.25, 0.3) is 0 Å². The first kappa shape index (κ1) is 28.5. The van der Waals surface area contributed by atoms with Gasteiger partial charge in [-0.05, 0) is 63.2 Å². The van der Waals surface area contributed by atoms with Crippen LogP contribution in [-0.4, -0.2) is 78.0 Å². The topological polar surface area (TPSA) is 89.5 Å². The van der Waals surface area contributed by atoms with E-state index in [1.54, 1.807) is 0 Å². The third kappa shape index (κ3) is 10.3. The lowest BCUT2D eigenvalue weighted by Crippen LogP contribution is -2.31. The average molecular weight is 483 g/mol. The Bertz CT molecular complexity index is 589. The van der Waals surface area contributed by atoms with E-state index in [0.717, 1.165) is 37.5 Å². The molecule has 0 spiro atoms. The Labute approximate surface area is 203 Å². The summed E-state index contributed by atoms with van der Waals surface area (Å²) in [6.45, 7) is 8.94. The van der Waals surface area contributed by atoms with Crippen molar-refractivity contribution >= 4 is 11.9 Å². The van der Waals surface area contributed by atoms with Crippen molar-refractivity contribution in [2.45, 2.75) is 63.6 Å². The maximum absolute atomic E-state index is 11.7. The molecule has 0 aliphatic heterocycles. The molecule has 2 fully saturated rings. The molecular weight excluding hydrogens is 440 g/mol. The lowest BCUT2D eigenvalue weighted by molar-refractivity contribution is -0.143. The molecule has 0 aromatic carbocycles. The van der Waals surface area contributed by atoms with Gasteiger partial charge in [-0.2, -0.15) is 0 Å². The molecule has 194 valence electrons. The van der Waals surface area contributed by atoms with Crippen molar-refractivity contribution in [1.29, 1.82) is 0 Å². The van der Waals surface area contributed by atoms with Crippen LogP contribution in [0.25, 0.3) is 0 Å². The van der Waals surface area contributed by atoms with E-state index in [2.05, 4.69) is 13.2 Å². The minimum Gasteiger partial charge on any atom is -0.460 e. The van der Waals surface area contributed by atoms with Crippen LogP contribution in [0, 0.1) is 11.8 Å². The van der Waals surface area contributed by atoms with E-state index in [4.69, 9.17) is 28.4 Å². The van der Waals surface area contributed by atoms with E-state index in [1.807, 2.05) is 0 Å². The fourth-order valence-electron chi connectivity index (χ4n) is 4.82. The Morgan fingerprint density at radius 2 is 0.971 bits per heavy atom. The number of carbonyl (C=O) groups is 2. The van der Waals surface area contributed by atoms with Gasteiger partial charge in [0, 0.05) is 14.2 Å². The summed E-state index contributed by atoms with van der Waals surface area (Å²) < 4.78 is 31.9. The maximum Gasteiger partial charge on any atom is 0.335 e. The van der Waals surface area contributed by atoms with Gasteiger partial charge in [-0.25, -0.2) is 9.59 Å². The van der Waals surface area contributed by atoms with Crippen molar-refractivity contribution in [3.63, 3.8) is 0 Å². The van der Waals surface area contributed by atoms with Crippen LogP contribution in [0.5, 0.6) is 0 Å². The highest BCUT2D eigenvalue weighted by molar-refractivity contribution is 5.88. The van der Waals surface area contributed by atoms with E-state index in [1.165, 1.54) is 39.9 Å². The summed E-state index contributed by atoms with van der Waals surface area (Å²) in [4.78, 5) is 23.4. The zero-order chi connectivity index (χ0) is 24.8. The van der Waals surface area contributed by atoms with Gasteiger partial charge >= 0.3 is 11.9 Å². The van der Waals surface area contributed by atoms with Crippen LogP contribution in [0.3, 0.4) is 0 Å². The van der Waals surface area contributed by atoms with Gasteiger partial charge < -0.3 is 28.4 Å². The predicted molar refractivity (Wildman–Crippen MR) is 127 cm³/mol. The zero-order valence-electron chi connectivity index (χ0n) is 20.9. The molecule has 0 N–H and O–H groups in total. The Morgan fingerprint density at radius 1 is 0.618 bits per heavy atom. The zero-order valence-corrected chi connectivity index (χ0v) is 20.9. The van der Waals surface area contributed by atoms with E-state index < -0.39 is 11.9 Å². The standard InChI is InChI=1S/C26H42O8/c1-19(17-29-3)25(27)33-15-13-31-23-9-5-21(6-10-23)22-7-11-24(12-8-22)32-14-16-34-26(28)20(2)18-30-4/h21-24H,1-2,5-18H2,3-4H3. The first-order chi connectivity index (χ1) is 16.4. The number of carbonyl (C=O) groups excluding carboxylic acids is 2. The molecule has 34 heavy (non-hydrogen) atoms. The third-order valence-corrected chi connectivity index (χ3v) is 6.66. The molecule has 8 heteroatoms. The molecule has 0 radical (unpaired) electrons. The normalized spacial score (nSPS) is 24.9. The highest BCUT2D eigenvalue weighted by Crippen LogP contribution is 2.39. The second-order valence-corrected chi connectivity index (χ2v) is 9.16. The summed E-state index contributed by atoms with van der Waals surface area (Å²) in [6, 6.07) is 0. The summed E-state index contributed by atoms with van der Waals surface area (Å²) in [7, 11) is 3.03. The number of rotatable bonds is 15. The van der Waals surface area contributed by atoms with Crippen molar-refractivity contribution in [1.82, 2.24) is 0 Å². The quantitative estimate of drug-likeness (QED) is 0.199. The fourth-order valence-corrected chi connectivity index (χ4v) is 4.82. The van der Waals surface area contributed by atoms with E-state index in [0.29, 0.717) is 24.4 Å². The van der Waals surface area contributed by atoms with Crippen LogP contribution in [0.15, 0.2) is 24.3 Å². The number of hydrogen-bond acceptors (Lipinski definition) is 8. The SMILES string of the molecule is C=C(COC)C(=O)OCCOC1CCC(C2CCC(OCCOC(=O)C(=C)COC)CC2)CC1. The van der Waals surface area contributed by atoms with Gasteiger partial charge in [-0.3, -0.25) is 0 Å². The number of ether oxygens (including phenoxy) is 6. The van der Waals surface area contributed by atoms with E-state index >= 15 is 0 Å². The molecule has 0 heterocycles. The van der Waals surface area contributed by atoms with Crippen LogP contribution in [0.4, 0.5) is 0 Å². The van der Waals surface area contributed by atoms with Crippen molar-refractivity contribution in [2.75, 3.05) is 53.9 Å². The van der Waals surface area contributed by atoms with Gasteiger partial charge in [0.2, 0.25) is 0 Å². The van der Waals surface area contributed by atoms with Gasteiger partial charge in [-0.15, -0.1) is 0 Å². The molecule has 2 rings (SSSR count). The average Bonchev–Trinajstić information content (AvgIpc) is 2.85.